The second-order valence-corrected chi connectivity index (χ2v) is 15.0. The van der Waals surface area contributed by atoms with Crippen LogP contribution in [-0.4, -0.2) is 95.7 Å². The lowest BCUT2D eigenvalue weighted by Crippen LogP contribution is -2.56. The highest BCUT2D eigenvalue weighted by Crippen LogP contribution is 2.40. The van der Waals surface area contributed by atoms with Crippen LogP contribution in [0.5, 0.6) is 0 Å². The van der Waals surface area contributed by atoms with Gasteiger partial charge >= 0.3 is 0 Å². The number of carbonyl (C=O) groups is 3. The maximum absolute atomic E-state index is 15.6. The highest BCUT2D eigenvalue weighted by molar-refractivity contribution is 7.89. The lowest BCUT2D eigenvalue weighted by atomic mass is 9.87. The van der Waals surface area contributed by atoms with E-state index in [2.05, 4.69) is 20.3 Å². The molecule has 14 nitrogen and oxygen atoms in total. The summed E-state index contributed by atoms with van der Waals surface area (Å²) in [5.74, 6) is -6.66. The number of amides is 3. The minimum atomic E-state index is -4.47. The normalized spacial score (nSPS) is 17.3. The lowest BCUT2D eigenvalue weighted by molar-refractivity contribution is -0.133. The van der Waals surface area contributed by atoms with E-state index in [1.54, 1.807) is 13.1 Å². The van der Waals surface area contributed by atoms with Crippen LogP contribution in [0.3, 0.4) is 0 Å². The van der Waals surface area contributed by atoms with Gasteiger partial charge < -0.3 is 20.1 Å². The zero-order valence-corrected chi connectivity index (χ0v) is 31.2. The molecular formula is C36H39ClF3N7O7S. The van der Waals surface area contributed by atoms with Crippen molar-refractivity contribution in [2.45, 2.75) is 54.6 Å². The summed E-state index contributed by atoms with van der Waals surface area (Å²) in [5.41, 5.74) is -0.285. The third-order valence-corrected chi connectivity index (χ3v) is 10.6. The van der Waals surface area contributed by atoms with Crippen LogP contribution in [-0.2, 0) is 33.9 Å². The van der Waals surface area contributed by atoms with Crippen molar-refractivity contribution in [3.05, 3.63) is 82.8 Å². The van der Waals surface area contributed by atoms with Crippen molar-refractivity contribution >= 4 is 50.9 Å². The minimum Gasteiger partial charge on any atom is -0.378 e. The summed E-state index contributed by atoms with van der Waals surface area (Å²) in [6.45, 7) is 1.31. The monoisotopic (exact) mass is 805 g/mol. The van der Waals surface area contributed by atoms with Gasteiger partial charge in [0, 0.05) is 60.9 Å². The van der Waals surface area contributed by atoms with Gasteiger partial charge in [-0.25, -0.2) is 31.3 Å². The Hall–Kier alpha value is -4.64. The maximum Gasteiger partial charge on any atom is 0.252 e. The molecule has 1 saturated heterocycles. The average Bonchev–Trinajstić information content (AvgIpc) is 3.53. The summed E-state index contributed by atoms with van der Waals surface area (Å²) in [6.07, 6.45) is -0.335. The van der Waals surface area contributed by atoms with E-state index in [4.69, 9.17) is 21.1 Å². The predicted octanol–water partition coefficient (Wildman–Crippen LogP) is 3.46. The zero-order valence-electron chi connectivity index (χ0n) is 29.6. The van der Waals surface area contributed by atoms with Gasteiger partial charge in [0.1, 0.15) is 23.7 Å². The van der Waals surface area contributed by atoms with E-state index in [1.807, 2.05) is 6.07 Å². The number of sulfonamides is 1. The molecule has 3 amide bonds. The maximum atomic E-state index is 15.6. The number of alkyl halides is 2. The number of carbonyl (C=O) groups excluding carboxylic acids is 3. The summed E-state index contributed by atoms with van der Waals surface area (Å²) >= 11 is 6.58. The number of pyridine rings is 1. The third-order valence-electron chi connectivity index (χ3n) is 8.85. The van der Waals surface area contributed by atoms with E-state index in [0.717, 1.165) is 21.9 Å². The molecule has 2 aliphatic rings. The summed E-state index contributed by atoms with van der Waals surface area (Å²) < 4.78 is 83.4. The van der Waals surface area contributed by atoms with Gasteiger partial charge in [-0.3, -0.25) is 24.2 Å². The van der Waals surface area contributed by atoms with Gasteiger partial charge in [-0.15, -0.1) is 0 Å². The fourth-order valence-corrected chi connectivity index (χ4v) is 7.50. The predicted molar refractivity (Wildman–Crippen MR) is 194 cm³/mol. The van der Waals surface area contributed by atoms with E-state index in [0.29, 0.717) is 19.2 Å². The molecule has 19 heteroatoms. The molecule has 55 heavy (non-hydrogen) atoms. The fraction of sp³-hybridized carbons (Fsp3) is 0.417. The smallest absolute Gasteiger partial charge is 0.252 e. The first-order valence-corrected chi connectivity index (χ1v) is 19.1. The fourth-order valence-electron chi connectivity index (χ4n) is 6.20. The average molecular weight is 806 g/mol. The Labute approximate surface area is 321 Å². The van der Waals surface area contributed by atoms with E-state index < -0.39 is 81.0 Å². The number of hydrogen-bond donors (Lipinski definition) is 3. The number of likely N-dealkylation sites (N-methyl/N-ethyl adjacent to an activating group) is 1. The second kappa shape index (κ2) is 18.3. The second-order valence-electron chi connectivity index (χ2n) is 12.8. The largest absolute Gasteiger partial charge is 0.378 e. The van der Waals surface area contributed by atoms with Gasteiger partial charge in [-0.05, 0) is 49.9 Å². The zero-order chi connectivity index (χ0) is 39.8. The number of hydrogen-bond acceptors (Lipinski definition) is 10. The quantitative estimate of drug-likeness (QED) is 0.161. The van der Waals surface area contributed by atoms with Crippen molar-refractivity contribution < 1.29 is 45.4 Å². The molecule has 2 atom stereocenters. The van der Waals surface area contributed by atoms with Crippen LogP contribution in [0.25, 0.3) is 0 Å². The summed E-state index contributed by atoms with van der Waals surface area (Å²) in [4.78, 5) is 47.9. The van der Waals surface area contributed by atoms with Crippen LogP contribution in [0.4, 0.5) is 24.7 Å². The molecule has 2 heterocycles. The summed E-state index contributed by atoms with van der Waals surface area (Å²) in [6, 6.07) is 8.88. The van der Waals surface area contributed by atoms with Gasteiger partial charge in [0.2, 0.25) is 21.8 Å². The molecule has 5 rings (SSSR count). The Morgan fingerprint density at radius 2 is 1.80 bits per heavy atom. The molecule has 294 valence electrons. The number of benzene rings is 2. The molecule has 0 bridgehead atoms. The summed E-state index contributed by atoms with van der Waals surface area (Å²) in [5, 5.41) is 14.9. The molecule has 0 unspecified atom stereocenters. The highest BCUT2D eigenvalue weighted by atomic mass is 35.5. The van der Waals surface area contributed by atoms with E-state index in [-0.39, 0.29) is 61.2 Å². The van der Waals surface area contributed by atoms with Crippen molar-refractivity contribution in [1.82, 2.24) is 20.3 Å². The van der Waals surface area contributed by atoms with Crippen LogP contribution in [0.2, 0.25) is 5.02 Å². The number of nitrogens with zero attached hydrogens (tertiary/aromatic N) is 4. The number of aromatic nitrogens is 1. The first-order valence-electron chi connectivity index (χ1n) is 17.3. The molecule has 1 aromatic heterocycles. The Morgan fingerprint density at radius 1 is 1.09 bits per heavy atom. The van der Waals surface area contributed by atoms with Gasteiger partial charge in [0.05, 0.1) is 43.0 Å². The Bertz CT molecular complexity index is 2030. The molecule has 2 aromatic carbocycles. The molecule has 3 N–H and O–H groups in total. The first-order chi connectivity index (χ1) is 26.2. The molecule has 1 aliphatic carbocycles. The van der Waals surface area contributed by atoms with E-state index >= 15 is 4.39 Å². The molecule has 1 aliphatic heterocycles. The number of nitrogens with one attached hydrogen (secondary N) is 3. The third kappa shape index (κ3) is 10.4. The standard InChI is InChI=1S/C36H39ClF3N7O7S/c1-42-10-12-53-14-15-54-13-11-44-55(51,52)27-18-24(38)17-26(19-27)46(35(50)30-6-7-32(48)47(30)31-16-23(22-41)8-9-43-31)33(28-4-2-3-5-29(28)37)34(49)45-25-20-36(39,40)21-25/h2-5,8-9,16-19,25,30,33,42,44H,6-7,10-15,20-21H2,1H3,(H,45,49)/t30-,33-/m0/s1. The van der Waals surface area contributed by atoms with Crippen molar-refractivity contribution in [3.8, 4) is 6.07 Å². The number of halogens is 4. The van der Waals surface area contributed by atoms with Crippen molar-refractivity contribution in [2.75, 3.05) is 56.4 Å². The van der Waals surface area contributed by atoms with Gasteiger partial charge in [-0.1, -0.05) is 29.8 Å². The van der Waals surface area contributed by atoms with Crippen LogP contribution in [0, 0.1) is 17.1 Å². The number of nitriles is 1. The van der Waals surface area contributed by atoms with Gasteiger partial charge in [0.25, 0.3) is 11.8 Å². The Kier molecular flexibility index (Phi) is 13.8. The Morgan fingerprint density at radius 3 is 2.47 bits per heavy atom. The Balaban J connectivity index is 1.54. The van der Waals surface area contributed by atoms with E-state index in [9.17, 15) is 36.8 Å². The van der Waals surface area contributed by atoms with Crippen LogP contribution >= 0.6 is 11.6 Å². The van der Waals surface area contributed by atoms with Crippen molar-refractivity contribution in [2.24, 2.45) is 0 Å². The van der Waals surface area contributed by atoms with Crippen molar-refractivity contribution in [3.63, 3.8) is 0 Å². The lowest BCUT2D eigenvalue weighted by Gasteiger charge is -2.39. The molecule has 1 saturated carbocycles. The van der Waals surface area contributed by atoms with Crippen molar-refractivity contribution in [1.29, 1.82) is 5.26 Å². The van der Waals surface area contributed by atoms with E-state index in [1.165, 1.54) is 36.5 Å². The highest BCUT2D eigenvalue weighted by Gasteiger charge is 2.49. The molecule has 2 fully saturated rings. The van der Waals surface area contributed by atoms with Gasteiger partial charge in [-0.2, -0.15) is 5.26 Å². The molecular weight excluding hydrogens is 767 g/mol. The summed E-state index contributed by atoms with van der Waals surface area (Å²) in [7, 11) is -2.69. The molecule has 0 spiro atoms. The van der Waals surface area contributed by atoms with Crippen LogP contribution in [0.1, 0.15) is 42.9 Å². The first kappa shape index (κ1) is 41.5. The van der Waals surface area contributed by atoms with Crippen LogP contribution < -0.4 is 25.2 Å². The number of anilines is 2. The minimum absolute atomic E-state index is 0.000422. The molecule has 0 radical (unpaired) electrons. The SMILES string of the molecule is CNCCOCCOCCNS(=O)(=O)c1cc(F)cc(N(C(=O)[C@@H]2CCC(=O)N2c2cc(C#N)ccn2)[C@H](C(=O)NC2CC(F)(F)C2)c2ccccc2Cl)c1. The number of ether oxygens (including phenoxy) is 2. The molecule has 3 aromatic rings. The van der Waals surface area contributed by atoms with Crippen LogP contribution in [0.15, 0.2) is 65.7 Å². The topological polar surface area (TPSA) is 183 Å². The number of rotatable bonds is 18. The van der Waals surface area contributed by atoms with Gasteiger partial charge in [0.15, 0.2) is 0 Å².